The Hall–Kier alpha value is -0.830. The minimum Gasteiger partial charge on any atom is -0.322 e. The van der Waals surface area contributed by atoms with Crippen molar-refractivity contribution in [3.63, 3.8) is 0 Å². The smallest absolute Gasteiger partial charge is 0.0554 e. The molecule has 0 aliphatic rings. The van der Waals surface area contributed by atoms with E-state index in [1.165, 1.54) is 31.4 Å². The summed E-state index contributed by atoms with van der Waals surface area (Å²) in [7, 11) is 0. The number of nitrogens with zero attached hydrogens (tertiary/aromatic N) is 2. The van der Waals surface area contributed by atoms with Gasteiger partial charge in [-0.1, -0.05) is 26.7 Å². The maximum Gasteiger partial charge on any atom is 0.0554 e. The number of aryl methyl sites for hydroxylation is 1. The van der Waals surface area contributed by atoms with Crippen molar-refractivity contribution in [2.75, 3.05) is 0 Å². The van der Waals surface area contributed by atoms with Gasteiger partial charge in [0.05, 0.1) is 5.69 Å². The third kappa shape index (κ3) is 3.08. The van der Waals surface area contributed by atoms with Crippen LogP contribution in [0, 0.1) is 5.92 Å². The number of aromatic nitrogens is 2. The molecule has 92 valence electrons. The van der Waals surface area contributed by atoms with Crippen LogP contribution in [-0.2, 0) is 6.54 Å². The molecule has 0 amide bonds. The quantitative estimate of drug-likeness (QED) is 0.772. The van der Waals surface area contributed by atoms with Gasteiger partial charge in [-0.15, -0.1) is 0 Å². The van der Waals surface area contributed by atoms with E-state index in [0.29, 0.717) is 5.92 Å². The molecule has 0 fully saturated rings. The lowest BCUT2D eigenvalue weighted by Crippen LogP contribution is -2.24. The van der Waals surface area contributed by atoms with E-state index in [1.54, 1.807) is 0 Å². The maximum absolute atomic E-state index is 6.37. The van der Waals surface area contributed by atoms with Gasteiger partial charge in [0.1, 0.15) is 0 Å². The van der Waals surface area contributed by atoms with Crippen LogP contribution in [0.5, 0.6) is 0 Å². The zero-order chi connectivity index (χ0) is 12.0. The van der Waals surface area contributed by atoms with Gasteiger partial charge in [-0.3, -0.25) is 4.68 Å². The molecule has 0 bridgehead atoms. The molecule has 0 radical (unpaired) electrons. The van der Waals surface area contributed by atoms with Gasteiger partial charge >= 0.3 is 0 Å². The van der Waals surface area contributed by atoms with Gasteiger partial charge in [0.25, 0.3) is 0 Å². The Bertz CT molecular complexity index is 287. The second kappa shape index (κ2) is 6.69. The van der Waals surface area contributed by atoms with E-state index in [9.17, 15) is 0 Å². The van der Waals surface area contributed by atoms with Crippen LogP contribution in [0.3, 0.4) is 0 Å². The third-order valence-electron chi connectivity index (χ3n) is 3.22. The maximum atomic E-state index is 6.37. The zero-order valence-electron chi connectivity index (χ0n) is 10.8. The summed E-state index contributed by atoms with van der Waals surface area (Å²) in [6, 6.07) is 2.20. The molecule has 2 N–H and O–H groups in total. The Morgan fingerprint density at radius 2 is 1.88 bits per heavy atom. The first kappa shape index (κ1) is 13.2. The molecule has 16 heavy (non-hydrogen) atoms. The summed E-state index contributed by atoms with van der Waals surface area (Å²) in [6.45, 7) is 7.47. The van der Waals surface area contributed by atoms with Crippen LogP contribution in [0.15, 0.2) is 12.3 Å². The molecule has 1 aromatic rings. The van der Waals surface area contributed by atoms with Gasteiger partial charge in [0.15, 0.2) is 0 Å². The molecule has 1 heterocycles. The van der Waals surface area contributed by atoms with Crippen LogP contribution in [0.25, 0.3) is 0 Å². The summed E-state index contributed by atoms with van der Waals surface area (Å²) in [4.78, 5) is 0. The number of nitrogens with two attached hydrogens (primary N) is 1. The molecule has 1 aromatic heterocycles. The van der Waals surface area contributed by atoms with E-state index in [0.717, 1.165) is 6.54 Å². The van der Waals surface area contributed by atoms with E-state index in [2.05, 4.69) is 31.9 Å². The summed E-state index contributed by atoms with van der Waals surface area (Å²) in [5.41, 5.74) is 7.56. The van der Waals surface area contributed by atoms with Gasteiger partial charge in [-0.05, 0) is 31.7 Å². The Kier molecular flexibility index (Phi) is 5.53. The molecule has 0 aromatic carbocycles. The lowest BCUT2D eigenvalue weighted by Gasteiger charge is -2.23. The van der Waals surface area contributed by atoms with Crippen molar-refractivity contribution in [2.24, 2.45) is 11.7 Å². The van der Waals surface area contributed by atoms with E-state index in [1.807, 2.05) is 10.9 Å². The van der Waals surface area contributed by atoms with Crippen LogP contribution in [0.1, 0.15) is 58.2 Å². The van der Waals surface area contributed by atoms with Crippen molar-refractivity contribution in [1.82, 2.24) is 9.78 Å². The molecular formula is C13H25N3. The average Bonchev–Trinajstić information content (AvgIpc) is 2.75. The highest BCUT2D eigenvalue weighted by molar-refractivity contribution is 5.07. The Balaban J connectivity index is 2.76. The Labute approximate surface area is 99.0 Å². The van der Waals surface area contributed by atoms with Crippen LogP contribution < -0.4 is 5.73 Å². The lowest BCUT2D eigenvalue weighted by atomic mass is 9.89. The van der Waals surface area contributed by atoms with Crippen molar-refractivity contribution in [2.45, 2.75) is 59.0 Å². The molecular weight excluding hydrogens is 198 g/mol. The number of hydrogen-bond donors (Lipinski definition) is 1. The van der Waals surface area contributed by atoms with Gasteiger partial charge in [0.2, 0.25) is 0 Å². The molecule has 0 saturated heterocycles. The van der Waals surface area contributed by atoms with E-state index in [-0.39, 0.29) is 6.04 Å². The SMILES string of the molecule is CCCC(CCC)C(N)c1ccnn1CC. The first-order chi connectivity index (χ1) is 7.74. The average molecular weight is 223 g/mol. The summed E-state index contributed by atoms with van der Waals surface area (Å²) in [5, 5.41) is 4.30. The summed E-state index contributed by atoms with van der Waals surface area (Å²) >= 11 is 0. The normalized spacial score (nSPS) is 13.3. The molecule has 3 heteroatoms. The molecule has 3 nitrogen and oxygen atoms in total. The first-order valence-electron chi connectivity index (χ1n) is 6.51. The molecule has 0 spiro atoms. The highest BCUT2D eigenvalue weighted by atomic mass is 15.3. The molecule has 0 aliphatic carbocycles. The Morgan fingerprint density at radius 3 is 2.38 bits per heavy atom. The fourth-order valence-electron chi connectivity index (χ4n) is 2.38. The van der Waals surface area contributed by atoms with Crippen LogP contribution in [0.4, 0.5) is 0 Å². The van der Waals surface area contributed by atoms with E-state index in [4.69, 9.17) is 5.73 Å². The molecule has 1 atom stereocenters. The highest BCUT2D eigenvalue weighted by Crippen LogP contribution is 2.27. The minimum atomic E-state index is 0.141. The van der Waals surface area contributed by atoms with Gasteiger partial charge in [-0.25, -0.2) is 0 Å². The summed E-state index contributed by atoms with van der Waals surface area (Å²) in [6.07, 6.45) is 6.69. The summed E-state index contributed by atoms with van der Waals surface area (Å²) < 4.78 is 2.02. The number of hydrogen-bond acceptors (Lipinski definition) is 2. The third-order valence-corrected chi connectivity index (χ3v) is 3.22. The zero-order valence-corrected chi connectivity index (χ0v) is 10.8. The predicted octanol–water partition coefficient (Wildman–Crippen LogP) is 3.12. The molecule has 0 aliphatic heterocycles. The van der Waals surface area contributed by atoms with Crippen LogP contribution in [0.2, 0.25) is 0 Å². The lowest BCUT2D eigenvalue weighted by molar-refractivity contribution is 0.352. The van der Waals surface area contributed by atoms with Crippen molar-refractivity contribution < 1.29 is 0 Å². The van der Waals surface area contributed by atoms with Crippen molar-refractivity contribution >= 4 is 0 Å². The second-order valence-electron chi connectivity index (χ2n) is 4.44. The molecule has 1 unspecified atom stereocenters. The largest absolute Gasteiger partial charge is 0.322 e. The topological polar surface area (TPSA) is 43.8 Å². The van der Waals surface area contributed by atoms with Crippen molar-refractivity contribution in [1.29, 1.82) is 0 Å². The van der Waals surface area contributed by atoms with Crippen molar-refractivity contribution in [3.05, 3.63) is 18.0 Å². The van der Waals surface area contributed by atoms with Gasteiger partial charge in [0, 0.05) is 18.8 Å². The first-order valence-corrected chi connectivity index (χ1v) is 6.51. The van der Waals surface area contributed by atoms with E-state index < -0.39 is 0 Å². The second-order valence-corrected chi connectivity index (χ2v) is 4.44. The highest BCUT2D eigenvalue weighted by Gasteiger charge is 2.20. The number of rotatable bonds is 7. The summed E-state index contributed by atoms with van der Waals surface area (Å²) in [5.74, 6) is 0.594. The van der Waals surface area contributed by atoms with Crippen LogP contribution >= 0.6 is 0 Å². The fraction of sp³-hybridized carbons (Fsp3) is 0.769. The standard InChI is InChI=1S/C13H25N3/c1-4-7-11(8-5-2)13(14)12-9-10-15-16(12)6-3/h9-11,13H,4-8,14H2,1-3H3. The Morgan fingerprint density at radius 1 is 1.25 bits per heavy atom. The van der Waals surface area contributed by atoms with E-state index >= 15 is 0 Å². The molecule has 1 rings (SSSR count). The van der Waals surface area contributed by atoms with Gasteiger partial charge < -0.3 is 5.73 Å². The predicted molar refractivity (Wildman–Crippen MR) is 68.1 cm³/mol. The monoisotopic (exact) mass is 223 g/mol. The van der Waals surface area contributed by atoms with Crippen LogP contribution in [-0.4, -0.2) is 9.78 Å². The van der Waals surface area contributed by atoms with Crippen molar-refractivity contribution in [3.8, 4) is 0 Å². The fourth-order valence-corrected chi connectivity index (χ4v) is 2.38. The minimum absolute atomic E-state index is 0.141. The van der Waals surface area contributed by atoms with Gasteiger partial charge in [-0.2, -0.15) is 5.10 Å². The molecule has 0 saturated carbocycles.